The van der Waals surface area contributed by atoms with E-state index in [1.54, 1.807) is 12.5 Å². The minimum absolute atomic E-state index is 0.129. The quantitative estimate of drug-likeness (QED) is 0.367. The number of ether oxygens (including phenoxy) is 1. The Morgan fingerprint density at radius 1 is 1.08 bits per heavy atom. The maximum Gasteiger partial charge on any atom is 0.323 e. The molecule has 3 aromatic rings. The maximum absolute atomic E-state index is 13.4. The van der Waals surface area contributed by atoms with Crippen LogP contribution in [0.2, 0.25) is 0 Å². The number of furan rings is 1. The number of hydrogen-bond donors (Lipinski definition) is 2. The summed E-state index contributed by atoms with van der Waals surface area (Å²) in [5.74, 6) is -1.51. The first kappa shape index (κ1) is 26.5. The number of benzene rings is 2. The monoisotopic (exact) mass is 522 g/mol. The van der Waals surface area contributed by atoms with Crippen LogP contribution in [0.3, 0.4) is 0 Å². The fourth-order valence-corrected chi connectivity index (χ4v) is 5.50. The molecule has 2 aromatic carbocycles. The normalized spacial score (nSPS) is 18.7. The van der Waals surface area contributed by atoms with Crippen LogP contribution in [0, 0.1) is 0 Å². The number of carbonyl (C=O) groups excluding carboxylic acids is 2. The fraction of sp³-hybridized carbons (Fsp3) is 0.321. The highest BCUT2D eigenvalue weighted by Crippen LogP contribution is 2.33. The van der Waals surface area contributed by atoms with Crippen LogP contribution in [-0.4, -0.2) is 58.8 Å². The zero-order chi connectivity index (χ0) is 26.0. The van der Waals surface area contributed by atoms with Crippen molar-refractivity contribution in [2.75, 3.05) is 18.8 Å². The first-order valence-corrected chi connectivity index (χ1v) is 13.2. The van der Waals surface area contributed by atoms with Crippen molar-refractivity contribution in [1.29, 1.82) is 0 Å². The minimum Gasteiger partial charge on any atom is -0.480 e. The predicted molar refractivity (Wildman–Crippen MR) is 140 cm³/mol. The SMILES string of the molecule is O=C(O)CN1CC(c2ccoc2)SCC(NC(CCc2ccccc2)C(=O)OCc2ccccc2)C1=O. The zero-order valence-corrected chi connectivity index (χ0v) is 21.1. The smallest absolute Gasteiger partial charge is 0.323 e. The summed E-state index contributed by atoms with van der Waals surface area (Å²) < 4.78 is 10.8. The van der Waals surface area contributed by atoms with E-state index in [1.165, 1.54) is 16.7 Å². The number of thioether (sulfide) groups is 1. The summed E-state index contributed by atoms with van der Waals surface area (Å²) in [6.45, 7) is -0.0516. The Kier molecular flexibility index (Phi) is 9.40. The number of rotatable bonds is 11. The highest BCUT2D eigenvalue weighted by molar-refractivity contribution is 7.99. The minimum atomic E-state index is -1.09. The molecule has 0 radical (unpaired) electrons. The number of nitrogens with one attached hydrogen (secondary N) is 1. The third-order valence-corrected chi connectivity index (χ3v) is 7.53. The van der Waals surface area contributed by atoms with E-state index in [9.17, 15) is 19.5 Å². The molecule has 1 aromatic heterocycles. The van der Waals surface area contributed by atoms with Crippen LogP contribution in [-0.2, 0) is 32.1 Å². The lowest BCUT2D eigenvalue weighted by Crippen LogP contribution is -2.53. The average Bonchev–Trinajstić information content (AvgIpc) is 3.41. The molecular weight excluding hydrogens is 492 g/mol. The molecule has 3 unspecified atom stereocenters. The van der Waals surface area contributed by atoms with E-state index in [0.717, 1.165) is 16.7 Å². The topological polar surface area (TPSA) is 109 Å². The molecule has 2 heterocycles. The van der Waals surface area contributed by atoms with Gasteiger partial charge >= 0.3 is 11.9 Å². The first-order valence-electron chi connectivity index (χ1n) is 12.1. The molecule has 1 fully saturated rings. The number of esters is 1. The van der Waals surface area contributed by atoms with Crippen molar-refractivity contribution in [3.05, 3.63) is 95.9 Å². The number of nitrogens with zero attached hydrogens (tertiary/aromatic N) is 1. The van der Waals surface area contributed by atoms with Gasteiger partial charge in [-0.05, 0) is 30.0 Å². The Bertz CT molecular complexity index is 1160. The van der Waals surface area contributed by atoms with Crippen LogP contribution in [0.15, 0.2) is 83.7 Å². The van der Waals surface area contributed by atoms with Gasteiger partial charge in [-0.15, -0.1) is 11.8 Å². The molecule has 4 rings (SSSR count). The highest BCUT2D eigenvalue weighted by atomic mass is 32.2. The number of aryl methyl sites for hydroxylation is 1. The van der Waals surface area contributed by atoms with Crippen LogP contribution in [0.4, 0.5) is 0 Å². The molecule has 1 amide bonds. The lowest BCUT2D eigenvalue weighted by atomic mass is 10.0. The van der Waals surface area contributed by atoms with Gasteiger partial charge in [0.1, 0.15) is 19.2 Å². The lowest BCUT2D eigenvalue weighted by molar-refractivity contribution is -0.149. The molecule has 0 saturated carbocycles. The fourth-order valence-electron chi connectivity index (χ4n) is 4.23. The molecule has 37 heavy (non-hydrogen) atoms. The molecular formula is C28H30N2O6S. The Morgan fingerprint density at radius 3 is 2.43 bits per heavy atom. The molecule has 8 nitrogen and oxygen atoms in total. The standard InChI is InChI=1S/C28H30N2O6S/c31-26(32)16-30-15-25(22-13-14-35-18-22)37-19-24(27(30)33)29-23(12-11-20-7-3-1-4-8-20)28(34)36-17-21-9-5-2-6-10-21/h1-10,13-14,18,23-25,29H,11-12,15-17,19H2,(H,31,32). The van der Waals surface area contributed by atoms with Crippen LogP contribution < -0.4 is 5.32 Å². The van der Waals surface area contributed by atoms with Gasteiger partial charge in [0.05, 0.1) is 23.8 Å². The van der Waals surface area contributed by atoms with Crippen molar-refractivity contribution < 1.29 is 28.6 Å². The third kappa shape index (κ3) is 7.71. The van der Waals surface area contributed by atoms with Gasteiger partial charge in [-0.3, -0.25) is 19.7 Å². The van der Waals surface area contributed by atoms with Gasteiger partial charge in [0, 0.05) is 17.9 Å². The number of carboxylic acid groups (broad SMARTS) is 1. The van der Waals surface area contributed by atoms with E-state index in [4.69, 9.17) is 9.15 Å². The zero-order valence-electron chi connectivity index (χ0n) is 20.3. The molecule has 1 aliphatic heterocycles. The molecule has 1 saturated heterocycles. The summed E-state index contributed by atoms with van der Waals surface area (Å²) in [5, 5.41) is 12.5. The van der Waals surface area contributed by atoms with Crippen molar-refractivity contribution in [3.8, 4) is 0 Å². The van der Waals surface area contributed by atoms with E-state index < -0.39 is 30.6 Å². The van der Waals surface area contributed by atoms with Crippen LogP contribution >= 0.6 is 11.8 Å². The summed E-state index contributed by atoms with van der Waals surface area (Å²) in [5.41, 5.74) is 2.82. The molecule has 2 N–H and O–H groups in total. The Hall–Kier alpha value is -3.56. The van der Waals surface area contributed by atoms with E-state index in [1.807, 2.05) is 66.7 Å². The number of aliphatic carboxylic acids is 1. The van der Waals surface area contributed by atoms with Gasteiger partial charge in [0.25, 0.3) is 0 Å². The highest BCUT2D eigenvalue weighted by Gasteiger charge is 2.36. The second-order valence-corrected chi connectivity index (χ2v) is 10.1. The second-order valence-electron chi connectivity index (χ2n) is 8.88. The average molecular weight is 523 g/mol. The Labute approximate surface area is 220 Å². The van der Waals surface area contributed by atoms with Crippen LogP contribution in [0.5, 0.6) is 0 Å². The van der Waals surface area contributed by atoms with Gasteiger partial charge in [-0.2, -0.15) is 0 Å². The van der Waals surface area contributed by atoms with Gasteiger partial charge in [0.15, 0.2) is 0 Å². The van der Waals surface area contributed by atoms with Crippen molar-refractivity contribution in [3.63, 3.8) is 0 Å². The van der Waals surface area contributed by atoms with Crippen molar-refractivity contribution in [1.82, 2.24) is 10.2 Å². The number of carboxylic acids is 1. The third-order valence-electron chi connectivity index (χ3n) is 6.18. The lowest BCUT2D eigenvalue weighted by Gasteiger charge is -2.27. The Morgan fingerprint density at radius 2 is 1.78 bits per heavy atom. The van der Waals surface area contributed by atoms with Gasteiger partial charge < -0.3 is 19.2 Å². The Balaban J connectivity index is 1.49. The number of amides is 1. The summed E-state index contributed by atoms with van der Waals surface area (Å²) >= 11 is 1.53. The van der Waals surface area contributed by atoms with Crippen molar-refractivity contribution in [2.24, 2.45) is 0 Å². The maximum atomic E-state index is 13.4. The van der Waals surface area contributed by atoms with Gasteiger partial charge in [0.2, 0.25) is 5.91 Å². The molecule has 0 aliphatic carbocycles. The summed E-state index contributed by atoms with van der Waals surface area (Å²) in [6.07, 6.45) is 4.21. The molecule has 194 valence electrons. The number of carbonyl (C=O) groups is 3. The van der Waals surface area contributed by atoms with Gasteiger partial charge in [-0.1, -0.05) is 60.7 Å². The molecule has 9 heteroatoms. The summed E-state index contributed by atoms with van der Waals surface area (Å²) in [7, 11) is 0. The van der Waals surface area contributed by atoms with E-state index in [-0.39, 0.29) is 24.3 Å². The van der Waals surface area contributed by atoms with Crippen LogP contribution in [0.25, 0.3) is 0 Å². The van der Waals surface area contributed by atoms with E-state index in [2.05, 4.69) is 5.32 Å². The summed E-state index contributed by atoms with van der Waals surface area (Å²) in [4.78, 5) is 39.5. The van der Waals surface area contributed by atoms with Crippen molar-refractivity contribution >= 4 is 29.6 Å². The molecule has 1 aliphatic rings. The van der Waals surface area contributed by atoms with Gasteiger partial charge in [-0.25, -0.2) is 0 Å². The second kappa shape index (κ2) is 13.1. The van der Waals surface area contributed by atoms with Crippen LogP contribution in [0.1, 0.15) is 28.4 Å². The molecule has 0 spiro atoms. The summed E-state index contributed by atoms with van der Waals surface area (Å²) in [6, 6.07) is 19.5. The largest absolute Gasteiger partial charge is 0.480 e. The number of hydrogen-bond acceptors (Lipinski definition) is 7. The first-order chi connectivity index (χ1) is 18.0. The molecule has 0 bridgehead atoms. The van der Waals surface area contributed by atoms with E-state index >= 15 is 0 Å². The van der Waals surface area contributed by atoms with Crippen molar-refractivity contribution in [2.45, 2.75) is 36.8 Å². The molecule has 3 atom stereocenters. The predicted octanol–water partition coefficient (Wildman–Crippen LogP) is 3.68. The van der Waals surface area contributed by atoms with E-state index in [0.29, 0.717) is 18.6 Å².